The number of nitrogens with zero attached hydrogens (tertiary/aromatic N) is 3. The maximum atomic E-state index is 2.60. The van der Waals surface area contributed by atoms with E-state index < -0.39 is 0 Å². The van der Waals surface area contributed by atoms with Crippen LogP contribution in [-0.2, 0) is 13.1 Å². The fourth-order valence-corrected chi connectivity index (χ4v) is 5.61. The summed E-state index contributed by atoms with van der Waals surface area (Å²) in [4.78, 5) is 6.43. The summed E-state index contributed by atoms with van der Waals surface area (Å²) in [5.41, 5.74) is 5.69. The van der Waals surface area contributed by atoms with Crippen molar-refractivity contribution in [3.05, 3.63) is 89.2 Å². The minimum Gasteiger partial charge on any atom is -0.341 e. The number of likely N-dealkylation sites (N-methyl/N-ethyl adjacent to an activating group) is 1. The Balaban J connectivity index is 1.52. The SMILES string of the molecule is CN1CCN(Cc2ccc3n2Cc2ccccc2S[C@@H]3c2ccccc2)CC1. The van der Waals surface area contributed by atoms with Crippen LogP contribution in [0.25, 0.3) is 0 Å². The van der Waals surface area contributed by atoms with E-state index in [0.29, 0.717) is 5.25 Å². The highest BCUT2D eigenvalue weighted by Gasteiger charge is 2.26. The van der Waals surface area contributed by atoms with E-state index in [4.69, 9.17) is 0 Å². The Labute approximate surface area is 172 Å². The molecule has 1 atom stereocenters. The monoisotopic (exact) mass is 389 g/mol. The first-order valence-electron chi connectivity index (χ1n) is 10.2. The molecule has 0 unspecified atom stereocenters. The van der Waals surface area contributed by atoms with E-state index in [1.54, 1.807) is 0 Å². The summed E-state index contributed by atoms with van der Waals surface area (Å²) in [5, 5.41) is 0.339. The van der Waals surface area contributed by atoms with E-state index in [1.165, 1.54) is 40.5 Å². The Morgan fingerprint density at radius 3 is 2.43 bits per heavy atom. The minimum absolute atomic E-state index is 0.339. The van der Waals surface area contributed by atoms with E-state index in [9.17, 15) is 0 Å². The molecular formula is C24H27N3S. The number of rotatable bonds is 3. The summed E-state index contributed by atoms with van der Waals surface area (Å²) in [5.74, 6) is 0. The fourth-order valence-electron chi connectivity index (χ4n) is 4.30. The third-order valence-corrected chi connectivity index (χ3v) is 7.40. The van der Waals surface area contributed by atoms with E-state index >= 15 is 0 Å². The molecule has 0 radical (unpaired) electrons. The van der Waals surface area contributed by atoms with Crippen molar-refractivity contribution in [1.29, 1.82) is 0 Å². The fraction of sp³-hybridized carbons (Fsp3) is 0.333. The molecule has 2 aromatic carbocycles. The Morgan fingerprint density at radius 2 is 1.61 bits per heavy atom. The third kappa shape index (κ3) is 3.52. The van der Waals surface area contributed by atoms with Gasteiger partial charge in [0.2, 0.25) is 0 Å². The van der Waals surface area contributed by atoms with Crippen molar-refractivity contribution in [1.82, 2.24) is 14.4 Å². The number of benzene rings is 2. The van der Waals surface area contributed by atoms with E-state index in [-0.39, 0.29) is 0 Å². The van der Waals surface area contributed by atoms with Crippen LogP contribution in [0, 0.1) is 0 Å². The lowest BCUT2D eigenvalue weighted by Gasteiger charge is -2.32. The molecule has 0 bridgehead atoms. The molecule has 0 spiro atoms. The van der Waals surface area contributed by atoms with Gasteiger partial charge in [0.25, 0.3) is 0 Å². The Morgan fingerprint density at radius 1 is 0.857 bits per heavy atom. The second-order valence-electron chi connectivity index (χ2n) is 7.93. The Kier molecular flexibility index (Phi) is 5.02. The van der Waals surface area contributed by atoms with Gasteiger partial charge in [-0.2, -0.15) is 0 Å². The molecule has 144 valence electrons. The van der Waals surface area contributed by atoms with Gasteiger partial charge in [0.05, 0.1) is 5.25 Å². The zero-order chi connectivity index (χ0) is 18.9. The van der Waals surface area contributed by atoms with Crippen molar-refractivity contribution < 1.29 is 0 Å². The highest BCUT2D eigenvalue weighted by molar-refractivity contribution is 7.99. The standard InChI is InChI=1S/C24H27N3S/c1-25-13-15-26(16-14-25)18-21-11-12-22-24(19-7-3-2-4-8-19)28-23-10-6-5-9-20(23)17-27(21)22/h2-12,24H,13-18H2,1H3/t24-/m1/s1. The number of aromatic nitrogens is 1. The molecule has 3 heterocycles. The maximum absolute atomic E-state index is 2.60. The van der Waals surface area contributed by atoms with Crippen molar-refractivity contribution in [2.24, 2.45) is 0 Å². The third-order valence-electron chi connectivity index (χ3n) is 6.00. The number of fused-ring (bicyclic) bond motifs is 2. The van der Waals surface area contributed by atoms with Crippen molar-refractivity contribution >= 4 is 11.8 Å². The molecule has 3 nitrogen and oxygen atoms in total. The molecule has 4 heteroatoms. The van der Waals surface area contributed by atoms with Gasteiger partial charge in [0.1, 0.15) is 0 Å². The van der Waals surface area contributed by atoms with Crippen LogP contribution < -0.4 is 0 Å². The molecule has 2 aliphatic heterocycles. The summed E-state index contributed by atoms with van der Waals surface area (Å²) in [6.45, 7) is 6.66. The smallest absolute Gasteiger partial charge is 0.0746 e. The van der Waals surface area contributed by atoms with Crippen LogP contribution in [0.4, 0.5) is 0 Å². The number of hydrogen-bond donors (Lipinski definition) is 0. The van der Waals surface area contributed by atoms with Crippen LogP contribution in [0.5, 0.6) is 0 Å². The first-order valence-corrected chi connectivity index (χ1v) is 11.0. The Bertz CT molecular complexity index is 941. The highest BCUT2D eigenvalue weighted by Crippen LogP contribution is 2.45. The second-order valence-corrected chi connectivity index (χ2v) is 9.08. The normalized spacial score (nSPS) is 20.4. The highest BCUT2D eigenvalue weighted by atomic mass is 32.2. The Hall–Kier alpha value is -2.01. The lowest BCUT2D eigenvalue weighted by molar-refractivity contribution is 0.145. The lowest BCUT2D eigenvalue weighted by Crippen LogP contribution is -2.44. The van der Waals surface area contributed by atoms with Crippen LogP contribution in [0.3, 0.4) is 0 Å². The topological polar surface area (TPSA) is 11.4 Å². The minimum atomic E-state index is 0.339. The molecule has 0 saturated carbocycles. The summed E-state index contributed by atoms with van der Waals surface area (Å²) in [7, 11) is 2.22. The number of hydrogen-bond acceptors (Lipinski definition) is 3. The molecular weight excluding hydrogens is 362 g/mol. The zero-order valence-electron chi connectivity index (χ0n) is 16.4. The number of piperazine rings is 1. The van der Waals surface area contributed by atoms with Gasteiger partial charge in [0, 0.05) is 55.6 Å². The summed E-state index contributed by atoms with van der Waals surface area (Å²) in [6, 6.07) is 24.6. The summed E-state index contributed by atoms with van der Waals surface area (Å²) < 4.78 is 2.58. The van der Waals surface area contributed by atoms with Gasteiger partial charge in [0.15, 0.2) is 0 Å². The first-order chi connectivity index (χ1) is 13.8. The number of thioether (sulfide) groups is 1. The first kappa shape index (κ1) is 18.0. The molecule has 2 aliphatic rings. The van der Waals surface area contributed by atoms with Crippen molar-refractivity contribution in [2.45, 2.75) is 23.2 Å². The average molecular weight is 390 g/mol. The quantitative estimate of drug-likeness (QED) is 0.655. The molecule has 0 N–H and O–H groups in total. The van der Waals surface area contributed by atoms with Crippen LogP contribution in [0.1, 0.15) is 27.8 Å². The largest absolute Gasteiger partial charge is 0.341 e. The van der Waals surface area contributed by atoms with Crippen LogP contribution in [0.2, 0.25) is 0 Å². The summed E-state index contributed by atoms with van der Waals surface area (Å²) >= 11 is 1.99. The molecule has 3 aromatic rings. The van der Waals surface area contributed by atoms with Crippen LogP contribution in [-0.4, -0.2) is 47.6 Å². The zero-order valence-corrected chi connectivity index (χ0v) is 17.2. The van der Waals surface area contributed by atoms with Gasteiger partial charge in [-0.25, -0.2) is 0 Å². The van der Waals surface area contributed by atoms with Gasteiger partial charge in [-0.05, 0) is 36.4 Å². The van der Waals surface area contributed by atoms with Gasteiger partial charge >= 0.3 is 0 Å². The summed E-state index contributed by atoms with van der Waals surface area (Å²) in [6.07, 6.45) is 0. The van der Waals surface area contributed by atoms with Crippen LogP contribution >= 0.6 is 11.8 Å². The maximum Gasteiger partial charge on any atom is 0.0746 e. The van der Waals surface area contributed by atoms with Crippen molar-refractivity contribution in [3.8, 4) is 0 Å². The van der Waals surface area contributed by atoms with E-state index in [0.717, 1.165) is 26.2 Å². The predicted octanol–water partition coefficient (Wildman–Crippen LogP) is 4.48. The van der Waals surface area contributed by atoms with Gasteiger partial charge < -0.3 is 9.47 Å². The van der Waals surface area contributed by atoms with Gasteiger partial charge in [-0.1, -0.05) is 48.5 Å². The van der Waals surface area contributed by atoms with Gasteiger partial charge in [-0.3, -0.25) is 4.90 Å². The predicted molar refractivity (Wildman–Crippen MR) is 117 cm³/mol. The molecule has 5 rings (SSSR count). The molecule has 1 saturated heterocycles. The average Bonchev–Trinajstić information content (AvgIpc) is 3.02. The molecule has 1 aromatic heterocycles. The molecule has 0 aliphatic carbocycles. The van der Waals surface area contributed by atoms with Crippen molar-refractivity contribution in [3.63, 3.8) is 0 Å². The molecule has 0 amide bonds. The second kappa shape index (κ2) is 7.78. The van der Waals surface area contributed by atoms with E-state index in [2.05, 4.69) is 88.1 Å². The lowest BCUT2D eigenvalue weighted by atomic mass is 10.1. The van der Waals surface area contributed by atoms with Crippen LogP contribution in [0.15, 0.2) is 71.6 Å². The van der Waals surface area contributed by atoms with Crippen molar-refractivity contribution in [2.75, 3.05) is 33.2 Å². The molecule has 28 heavy (non-hydrogen) atoms. The van der Waals surface area contributed by atoms with Gasteiger partial charge in [-0.15, -0.1) is 11.8 Å². The van der Waals surface area contributed by atoms with E-state index in [1.807, 2.05) is 11.8 Å². The molecule has 1 fully saturated rings.